The quantitative estimate of drug-likeness (QED) is 0.478. The molecule has 1 aliphatic heterocycles. The van der Waals surface area contributed by atoms with Gasteiger partial charge < -0.3 is 10.2 Å². The Morgan fingerprint density at radius 1 is 1.18 bits per heavy atom. The van der Waals surface area contributed by atoms with E-state index in [4.69, 9.17) is 0 Å². The third-order valence-corrected chi connectivity index (χ3v) is 7.45. The third kappa shape index (κ3) is 4.65. The Labute approximate surface area is 196 Å². The molecule has 1 aliphatic rings. The minimum absolute atomic E-state index is 0.197. The molecule has 1 N–H and O–H groups in total. The molecule has 1 aromatic carbocycles. The van der Waals surface area contributed by atoms with E-state index in [-0.39, 0.29) is 17.4 Å². The van der Waals surface area contributed by atoms with Gasteiger partial charge in [0, 0.05) is 44.5 Å². The van der Waals surface area contributed by atoms with Crippen LogP contribution in [-0.4, -0.2) is 56.6 Å². The van der Waals surface area contributed by atoms with Crippen molar-refractivity contribution in [1.29, 1.82) is 0 Å². The summed E-state index contributed by atoms with van der Waals surface area (Å²) in [6, 6.07) is 9.86. The van der Waals surface area contributed by atoms with Crippen molar-refractivity contribution in [2.75, 3.05) is 31.5 Å². The lowest BCUT2D eigenvalue weighted by Crippen LogP contribution is -2.49. The van der Waals surface area contributed by atoms with Crippen LogP contribution in [0.1, 0.15) is 11.3 Å². The second-order valence-electron chi connectivity index (χ2n) is 7.82. The first kappa shape index (κ1) is 21.7. The first-order valence-electron chi connectivity index (χ1n) is 10.4. The molecular weight excluding hydrogens is 463 g/mol. The zero-order valence-corrected chi connectivity index (χ0v) is 19.5. The number of piperazine rings is 1. The van der Waals surface area contributed by atoms with Crippen molar-refractivity contribution in [3.8, 4) is 9.88 Å². The van der Waals surface area contributed by atoms with Gasteiger partial charge in [-0.2, -0.15) is 9.61 Å². The van der Waals surface area contributed by atoms with Crippen LogP contribution in [0.15, 0.2) is 46.6 Å². The highest BCUT2D eigenvalue weighted by atomic mass is 32.1. The summed E-state index contributed by atoms with van der Waals surface area (Å²) in [5.74, 6) is -0.346. The summed E-state index contributed by atoms with van der Waals surface area (Å²) in [4.78, 5) is 35.2. The molecule has 1 saturated heterocycles. The Kier molecular flexibility index (Phi) is 5.92. The highest BCUT2D eigenvalue weighted by molar-refractivity contribution is 7.23. The zero-order valence-electron chi connectivity index (χ0n) is 17.8. The number of anilines is 1. The van der Waals surface area contributed by atoms with Crippen LogP contribution in [0.4, 0.5) is 14.9 Å². The molecule has 170 valence electrons. The minimum Gasteiger partial charge on any atom is -0.322 e. The standard InChI is InChI=1S/C22H21FN6O2S2/c1-14-4-5-15(11-17(14)23)24-21(31)28-8-6-27(7-9-28)13-16-12-19(30)29-22(25-16)33-20(26-29)18-3-2-10-32-18/h2-5,10-12H,6-9,13H2,1H3,(H,24,31). The number of fused-ring (bicyclic) bond motifs is 1. The number of aromatic nitrogens is 3. The monoisotopic (exact) mass is 484 g/mol. The van der Waals surface area contributed by atoms with E-state index in [1.807, 2.05) is 17.5 Å². The van der Waals surface area contributed by atoms with Crippen LogP contribution in [0.3, 0.4) is 0 Å². The summed E-state index contributed by atoms with van der Waals surface area (Å²) in [5, 5.41) is 9.90. The van der Waals surface area contributed by atoms with Crippen LogP contribution in [0.2, 0.25) is 0 Å². The summed E-state index contributed by atoms with van der Waals surface area (Å²) >= 11 is 2.97. The summed E-state index contributed by atoms with van der Waals surface area (Å²) in [7, 11) is 0. The number of nitrogens with one attached hydrogen (secondary N) is 1. The molecule has 3 aromatic heterocycles. The second-order valence-corrected chi connectivity index (χ2v) is 9.73. The van der Waals surface area contributed by atoms with Gasteiger partial charge in [0.05, 0.1) is 10.6 Å². The van der Waals surface area contributed by atoms with Crippen LogP contribution in [0, 0.1) is 12.7 Å². The summed E-state index contributed by atoms with van der Waals surface area (Å²) in [5.41, 5.74) is 1.47. The van der Waals surface area contributed by atoms with Crippen molar-refractivity contribution in [3.63, 3.8) is 0 Å². The van der Waals surface area contributed by atoms with Gasteiger partial charge in [-0.15, -0.1) is 11.3 Å². The zero-order chi connectivity index (χ0) is 22.9. The maximum atomic E-state index is 13.7. The Morgan fingerprint density at radius 3 is 2.73 bits per heavy atom. The van der Waals surface area contributed by atoms with E-state index >= 15 is 0 Å². The molecule has 4 aromatic rings. The van der Waals surface area contributed by atoms with E-state index in [1.54, 1.807) is 35.3 Å². The van der Waals surface area contributed by atoms with E-state index in [0.717, 1.165) is 9.88 Å². The normalized spacial score (nSPS) is 14.7. The van der Waals surface area contributed by atoms with Crippen LogP contribution in [0.5, 0.6) is 0 Å². The molecule has 1 fully saturated rings. The maximum absolute atomic E-state index is 13.7. The van der Waals surface area contributed by atoms with Crippen molar-refractivity contribution in [1.82, 2.24) is 24.4 Å². The fraction of sp³-hybridized carbons (Fsp3) is 0.273. The van der Waals surface area contributed by atoms with Gasteiger partial charge in [-0.05, 0) is 36.1 Å². The lowest BCUT2D eigenvalue weighted by molar-refractivity contribution is 0.142. The van der Waals surface area contributed by atoms with Gasteiger partial charge in [-0.25, -0.2) is 14.2 Å². The average molecular weight is 485 g/mol. The van der Waals surface area contributed by atoms with E-state index in [0.29, 0.717) is 54.6 Å². The fourth-order valence-corrected chi connectivity index (χ4v) is 5.36. The van der Waals surface area contributed by atoms with Crippen LogP contribution >= 0.6 is 22.7 Å². The van der Waals surface area contributed by atoms with Gasteiger partial charge in [0.15, 0.2) is 5.01 Å². The van der Waals surface area contributed by atoms with Crippen molar-refractivity contribution >= 4 is 39.4 Å². The number of rotatable bonds is 4. The minimum atomic E-state index is -0.346. The van der Waals surface area contributed by atoms with Gasteiger partial charge in [0.25, 0.3) is 5.56 Å². The number of benzene rings is 1. The molecule has 8 nitrogen and oxygen atoms in total. The SMILES string of the molecule is Cc1ccc(NC(=O)N2CCN(Cc3cc(=O)n4nc(-c5cccs5)sc4n3)CC2)cc1F. The second kappa shape index (κ2) is 9.00. The van der Waals surface area contributed by atoms with E-state index in [9.17, 15) is 14.0 Å². The molecule has 0 unspecified atom stereocenters. The van der Waals surface area contributed by atoms with E-state index < -0.39 is 0 Å². The van der Waals surface area contributed by atoms with Crippen LogP contribution in [0.25, 0.3) is 14.8 Å². The van der Waals surface area contributed by atoms with Crippen molar-refractivity contribution in [2.45, 2.75) is 13.5 Å². The molecular formula is C22H21FN6O2S2. The number of thiophene rings is 1. The first-order chi connectivity index (χ1) is 16.0. The van der Waals surface area contributed by atoms with Crippen molar-refractivity contribution < 1.29 is 9.18 Å². The summed E-state index contributed by atoms with van der Waals surface area (Å²) in [6.45, 7) is 4.57. The Morgan fingerprint density at radius 2 is 2.00 bits per heavy atom. The Bertz CT molecular complexity index is 1360. The molecule has 0 bridgehead atoms. The van der Waals surface area contributed by atoms with Crippen LogP contribution < -0.4 is 10.9 Å². The van der Waals surface area contributed by atoms with Gasteiger partial charge in [-0.1, -0.05) is 23.5 Å². The van der Waals surface area contributed by atoms with Gasteiger partial charge >= 0.3 is 6.03 Å². The molecule has 2 amide bonds. The lowest BCUT2D eigenvalue weighted by Gasteiger charge is -2.34. The first-order valence-corrected chi connectivity index (χ1v) is 12.1. The Balaban J connectivity index is 1.21. The number of hydrogen-bond acceptors (Lipinski definition) is 7. The number of hydrogen-bond donors (Lipinski definition) is 1. The molecule has 11 heteroatoms. The number of carbonyl (C=O) groups is 1. The molecule has 0 radical (unpaired) electrons. The molecule has 0 spiro atoms. The number of amides is 2. The average Bonchev–Trinajstić information content (AvgIpc) is 3.47. The van der Waals surface area contributed by atoms with Gasteiger partial charge in [0.1, 0.15) is 5.82 Å². The number of halogens is 1. The lowest BCUT2D eigenvalue weighted by atomic mass is 10.2. The highest BCUT2D eigenvalue weighted by Crippen LogP contribution is 2.28. The van der Waals surface area contributed by atoms with Crippen LogP contribution in [-0.2, 0) is 6.54 Å². The number of nitrogens with zero attached hydrogens (tertiary/aromatic N) is 5. The molecule has 5 rings (SSSR count). The largest absolute Gasteiger partial charge is 0.322 e. The Hall–Kier alpha value is -3.15. The van der Waals surface area contributed by atoms with Gasteiger partial charge in [-0.3, -0.25) is 9.69 Å². The van der Waals surface area contributed by atoms with Gasteiger partial charge in [0.2, 0.25) is 4.96 Å². The van der Waals surface area contributed by atoms with E-state index in [2.05, 4.69) is 20.3 Å². The smallest absolute Gasteiger partial charge is 0.321 e. The predicted octanol–water partition coefficient (Wildman–Crippen LogP) is 3.68. The topological polar surface area (TPSA) is 82.8 Å². The summed E-state index contributed by atoms with van der Waals surface area (Å²) < 4.78 is 15.1. The fourth-order valence-electron chi connectivity index (χ4n) is 3.65. The molecule has 0 saturated carbocycles. The van der Waals surface area contributed by atoms with Crippen molar-refractivity contribution in [2.24, 2.45) is 0 Å². The number of urea groups is 1. The maximum Gasteiger partial charge on any atom is 0.321 e. The van der Waals surface area contributed by atoms with E-state index in [1.165, 1.54) is 28.0 Å². The molecule has 33 heavy (non-hydrogen) atoms. The third-order valence-electron chi connectivity index (χ3n) is 5.50. The number of aryl methyl sites for hydroxylation is 1. The predicted molar refractivity (Wildman–Crippen MR) is 127 cm³/mol. The molecule has 0 atom stereocenters. The molecule has 0 aliphatic carbocycles. The highest BCUT2D eigenvalue weighted by Gasteiger charge is 2.22. The summed E-state index contributed by atoms with van der Waals surface area (Å²) in [6.07, 6.45) is 0. The van der Waals surface area contributed by atoms with Crippen molar-refractivity contribution in [3.05, 3.63) is 69.2 Å². The molecule has 4 heterocycles. The number of carbonyl (C=O) groups excluding carboxylic acids is 1.